The van der Waals surface area contributed by atoms with Crippen LogP contribution in [0.3, 0.4) is 0 Å². The van der Waals surface area contributed by atoms with Gasteiger partial charge in [-0.1, -0.05) is 43.0 Å². The van der Waals surface area contributed by atoms with Gasteiger partial charge in [0, 0.05) is 24.2 Å². The van der Waals surface area contributed by atoms with Gasteiger partial charge in [-0.2, -0.15) is 0 Å². The fourth-order valence-electron chi connectivity index (χ4n) is 4.94. The maximum absolute atomic E-state index is 14.0. The number of rotatable bonds is 6. The summed E-state index contributed by atoms with van der Waals surface area (Å²) in [6.45, 7) is 4.36. The van der Waals surface area contributed by atoms with E-state index in [0.717, 1.165) is 56.4 Å². The molecule has 0 bridgehead atoms. The number of piperidine rings is 1. The first-order valence-electron chi connectivity index (χ1n) is 12.2. The molecule has 0 aromatic heterocycles. The van der Waals surface area contributed by atoms with Crippen molar-refractivity contribution in [2.24, 2.45) is 5.92 Å². The van der Waals surface area contributed by atoms with E-state index in [4.69, 9.17) is 0 Å². The Morgan fingerprint density at radius 1 is 1.00 bits per heavy atom. The summed E-state index contributed by atoms with van der Waals surface area (Å²) in [6, 6.07) is 12.6. The zero-order chi connectivity index (χ0) is 23.2. The first kappa shape index (κ1) is 23.4. The first-order valence-corrected chi connectivity index (χ1v) is 12.2. The Kier molecular flexibility index (Phi) is 7.76. The van der Waals surface area contributed by atoms with E-state index < -0.39 is 11.7 Å². The predicted molar refractivity (Wildman–Crippen MR) is 129 cm³/mol. The number of halogens is 1. The molecule has 2 aromatic carbocycles. The van der Waals surface area contributed by atoms with Crippen molar-refractivity contribution in [1.82, 2.24) is 10.2 Å². The van der Waals surface area contributed by atoms with Crippen LogP contribution < -0.4 is 10.6 Å². The van der Waals surface area contributed by atoms with Crippen LogP contribution in [0.15, 0.2) is 42.5 Å². The molecule has 1 heterocycles. The van der Waals surface area contributed by atoms with Gasteiger partial charge in [-0.15, -0.1) is 0 Å². The molecule has 0 atom stereocenters. The molecular weight excluding hydrogens is 417 g/mol. The Morgan fingerprint density at radius 2 is 1.76 bits per heavy atom. The van der Waals surface area contributed by atoms with Gasteiger partial charge in [0.05, 0.1) is 5.56 Å². The summed E-state index contributed by atoms with van der Waals surface area (Å²) in [5.74, 6) is -0.629. The monoisotopic (exact) mass is 451 g/mol. The van der Waals surface area contributed by atoms with E-state index in [2.05, 4.69) is 15.5 Å². The van der Waals surface area contributed by atoms with Crippen molar-refractivity contribution in [1.29, 1.82) is 0 Å². The van der Waals surface area contributed by atoms with E-state index in [1.54, 1.807) is 12.1 Å². The first-order chi connectivity index (χ1) is 16.0. The number of hydrogen-bond acceptors (Lipinski definition) is 3. The van der Waals surface area contributed by atoms with E-state index in [1.807, 2.05) is 31.2 Å². The minimum Gasteiger partial charge on any atom is -0.353 e. The minimum atomic E-state index is -0.523. The number of carbonyl (C=O) groups is 2. The zero-order valence-corrected chi connectivity index (χ0v) is 19.4. The van der Waals surface area contributed by atoms with Gasteiger partial charge in [0.2, 0.25) is 5.91 Å². The van der Waals surface area contributed by atoms with E-state index in [1.165, 1.54) is 25.3 Å². The highest BCUT2D eigenvalue weighted by Gasteiger charge is 2.27. The highest BCUT2D eigenvalue weighted by atomic mass is 19.1. The number of hydrogen-bond donors (Lipinski definition) is 2. The summed E-state index contributed by atoms with van der Waals surface area (Å²) in [5, 5.41) is 6.09. The second-order valence-corrected chi connectivity index (χ2v) is 9.53. The number of carbonyl (C=O) groups excluding carboxylic acids is 2. The largest absolute Gasteiger partial charge is 0.353 e. The fourth-order valence-corrected chi connectivity index (χ4v) is 4.94. The Bertz CT molecular complexity index is 979. The standard InChI is InChI=1S/C27H34FN3O2/c1-19-10-11-25(28)24(16-19)27(33)30-23-9-5-6-20(17-23)18-31-14-12-21(13-15-31)26(32)29-22-7-3-2-4-8-22/h5-6,9-11,16-17,21-22H,2-4,7-8,12-15,18H2,1H3,(H,29,32)(H,30,33). The van der Waals surface area contributed by atoms with Crippen LogP contribution in [0, 0.1) is 18.7 Å². The third kappa shape index (κ3) is 6.41. The summed E-state index contributed by atoms with van der Waals surface area (Å²) in [5.41, 5.74) is 2.63. The van der Waals surface area contributed by atoms with E-state index in [-0.39, 0.29) is 17.4 Å². The number of anilines is 1. The summed E-state index contributed by atoms with van der Waals surface area (Å²) in [4.78, 5) is 27.5. The second-order valence-electron chi connectivity index (χ2n) is 9.53. The third-order valence-corrected chi connectivity index (χ3v) is 6.87. The summed E-state index contributed by atoms with van der Waals surface area (Å²) < 4.78 is 14.0. The SMILES string of the molecule is Cc1ccc(F)c(C(=O)Nc2cccc(CN3CCC(C(=O)NC4CCCCC4)CC3)c2)c1. The molecule has 0 radical (unpaired) electrons. The van der Waals surface area contributed by atoms with Crippen LogP contribution in [0.4, 0.5) is 10.1 Å². The number of aryl methyl sites for hydroxylation is 1. The van der Waals surface area contributed by atoms with Crippen LogP contribution >= 0.6 is 0 Å². The Balaban J connectivity index is 1.28. The lowest BCUT2D eigenvalue weighted by Crippen LogP contribution is -2.44. The molecule has 2 amide bonds. The number of likely N-dealkylation sites (tertiary alicyclic amines) is 1. The molecule has 176 valence electrons. The maximum atomic E-state index is 14.0. The molecular formula is C27H34FN3O2. The zero-order valence-electron chi connectivity index (χ0n) is 19.4. The lowest BCUT2D eigenvalue weighted by molar-refractivity contribution is -0.127. The number of benzene rings is 2. The minimum absolute atomic E-state index is 0.0500. The van der Waals surface area contributed by atoms with Crippen molar-refractivity contribution >= 4 is 17.5 Å². The molecule has 2 N–H and O–H groups in total. The third-order valence-electron chi connectivity index (χ3n) is 6.87. The van der Waals surface area contributed by atoms with Gasteiger partial charge in [-0.25, -0.2) is 4.39 Å². The molecule has 1 aliphatic carbocycles. The molecule has 0 spiro atoms. The van der Waals surface area contributed by atoms with Crippen molar-refractivity contribution < 1.29 is 14.0 Å². The smallest absolute Gasteiger partial charge is 0.258 e. The number of nitrogens with one attached hydrogen (secondary N) is 2. The van der Waals surface area contributed by atoms with Crippen molar-refractivity contribution in [3.05, 3.63) is 65.0 Å². The van der Waals surface area contributed by atoms with Crippen molar-refractivity contribution in [3.8, 4) is 0 Å². The molecule has 2 fully saturated rings. The molecule has 1 saturated heterocycles. The van der Waals surface area contributed by atoms with Gasteiger partial charge in [0.15, 0.2) is 0 Å². The molecule has 1 saturated carbocycles. The number of nitrogens with zero attached hydrogens (tertiary/aromatic N) is 1. The average Bonchev–Trinajstić information content (AvgIpc) is 2.82. The van der Waals surface area contributed by atoms with E-state index >= 15 is 0 Å². The summed E-state index contributed by atoms with van der Waals surface area (Å²) in [7, 11) is 0. The summed E-state index contributed by atoms with van der Waals surface area (Å²) in [6.07, 6.45) is 7.73. The van der Waals surface area contributed by atoms with Crippen LogP contribution in [-0.4, -0.2) is 35.8 Å². The quantitative estimate of drug-likeness (QED) is 0.646. The molecule has 5 nitrogen and oxygen atoms in total. The van der Waals surface area contributed by atoms with Gasteiger partial charge in [-0.3, -0.25) is 14.5 Å². The van der Waals surface area contributed by atoms with Gasteiger partial charge in [0.25, 0.3) is 5.91 Å². The van der Waals surface area contributed by atoms with Crippen LogP contribution in [0.2, 0.25) is 0 Å². The predicted octanol–water partition coefficient (Wildman–Crippen LogP) is 5.05. The van der Waals surface area contributed by atoms with Gasteiger partial charge >= 0.3 is 0 Å². The normalized spacial score (nSPS) is 18.1. The lowest BCUT2D eigenvalue weighted by Gasteiger charge is -2.32. The van der Waals surface area contributed by atoms with Gasteiger partial charge in [0.1, 0.15) is 5.82 Å². The fraction of sp³-hybridized carbons (Fsp3) is 0.481. The Hall–Kier alpha value is -2.73. The van der Waals surface area contributed by atoms with Crippen LogP contribution in [0.25, 0.3) is 0 Å². The highest BCUT2D eigenvalue weighted by Crippen LogP contribution is 2.23. The van der Waals surface area contributed by atoms with Crippen LogP contribution in [0.5, 0.6) is 0 Å². The highest BCUT2D eigenvalue weighted by molar-refractivity contribution is 6.04. The molecule has 2 aromatic rings. The topological polar surface area (TPSA) is 61.4 Å². The molecule has 6 heteroatoms. The van der Waals surface area contributed by atoms with Crippen molar-refractivity contribution in [2.45, 2.75) is 64.5 Å². The second kappa shape index (κ2) is 10.9. The summed E-state index contributed by atoms with van der Waals surface area (Å²) >= 11 is 0. The molecule has 2 aliphatic rings. The molecule has 4 rings (SSSR count). The number of amides is 2. The molecule has 1 aliphatic heterocycles. The maximum Gasteiger partial charge on any atom is 0.258 e. The molecule has 33 heavy (non-hydrogen) atoms. The Labute approximate surface area is 195 Å². The van der Waals surface area contributed by atoms with Crippen molar-refractivity contribution in [3.63, 3.8) is 0 Å². The van der Waals surface area contributed by atoms with Crippen LogP contribution in [-0.2, 0) is 11.3 Å². The average molecular weight is 452 g/mol. The van der Waals surface area contributed by atoms with Gasteiger partial charge in [-0.05, 0) is 75.5 Å². The lowest BCUT2D eigenvalue weighted by atomic mass is 9.92. The van der Waals surface area contributed by atoms with E-state index in [0.29, 0.717) is 11.7 Å². The Morgan fingerprint density at radius 3 is 2.52 bits per heavy atom. The van der Waals surface area contributed by atoms with Crippen LogP contribution in [0.1, 0.15) is 66.4 Å². The molecule has 0 unspecified atom stereocenters. The van der Waals surface area contributed by atoms with E-state index in [9.17, 15) is 14.0 Å². The van der Waals surface area contributed by atoms with Gasteiger partial charge < -0.3 is 10.6 Å². The van der Waals surface area contributed by atoms with Crippen molar-refractivity contribution in [2.75, 3.05) is 18.4 Å².